The van der Waals surface area contributed by atoms with Gasteiger partial charge in [-0.05, 0) is 37.0 Å². The van der Waals surface area contributed by atoms with E-state index in [2.05, 4.69) is 10.6 Å². The van der Waals surface area contributed by atoms with Gasteiger partial charge in [-0.25, -0.2) is 13.2 Å². The summed E-state index contributed by atoms with van der Waals surface area (Å²) in [5.74, 6) is 0. The molecule has 150 valence electrons. The van der Waals surface area contributed by atoms with E-state index in [1.54, 1.807) is 12.1 Å². The zero-order valence-corrected chi connectivity index (χ0v) is 16.5. The standard InChI is InChI=1S/C19H29N3O4S/c23-19(21-17-4-2-1-3-5-17)20-11-10-16-6-8-18(9-7-16)27(24,25)22-12-14-26-15-13-22/h6-9,17H,1-5,10-15H2,(H2,20,21,23). The van der Waals surface area contributed by atoms with E-state index in [0.29, 0.717) is 50.2 Å². The van der Waals surface area contributed by atoms with Gasteiger partial charge in [0.1, 0.15) is 0 Å². The van der Waals surface area contributed by atoms with Crippen molar-refractivity contribution >= 4 is 16.1 Å². The van der Waals surface area contributed by atoms with Gasteiger partial charge in [-0.2, -0.15) is 4.31 Å². The van der Waals surface area contributed by atoms with E-state index in [4.69, 9.17) is 4.74 Å². The Labute approximate surface area is 161 Å². The number of hydrogen-bond acceptors (Lipinski definition) is 4. The number of rotatable bonds is 6. The first kappa shape index (κ1) is 20.1. The Morgan fingerprint density at radius 2 is 1.74 bits per heavy atom. The molecule has 1 saturated heterocycles. The average molecular weight is 396 g/mol. The minimum Gasteiger partial charge on any atom is -0.379 e. The minimum atomic E-state index is -3.46. The number of sulfonamides is 1. The molecule has 2 aliphatic rings. The molecule has 2 amide bonds. The maximum Gasteiger partial charge on any atom is 0.315 e. The smallest absolute Gasteiger partial charge is 0.315 e. The number of hydrogen-bond donors (Lipinski definition) is 2. The Balaban J connectivity index is 1.45. The highest BCUT2D eigenvalue weighted by Crippen LogP contribution is 2.18. The molecule has 1 aromatic carbocycles. The van der Waals surface area contributed by atoms with Crippen LogP contribution in [0.5, 0.6) is 0 Å². The molecule has 0 aromatic heterocycles. The number of amides is 2. The fraction of sp³-hybridized carbons (Fsp3) is 0.632. The van der Waals surface area contributed by atoms with Crippen LogP contribution in [0, 0.1) is 0 Å². The van der Waals surface area contributed by atoms with Crippen molar-refractivity contribution in [3.05, 3.63) is 29.8 Å². The van der Waals surface area contributed by atoms with E-state index in [0.717, 1.165) is 18.4 Å². The molecule has 0 bridgehead atoms. The zero-order chi connectivity index (χ0) is 19.1. The van der Waals surface area contributed by atoms with Crippen LogP contribution in [-0.4, -0.2) is 57.6 Å². The van der Waals surface area contributed by atoms with Crippen LogP contribution in [0.3, 0.4) is 0 Å². The molecule has 1 saturated carbocycles. The lowest BCUT2D eigenvalue weighted by molar-refractivity contribution is 0.0730. The lowest BCUT2D eigenvalue weighted by atomic mass is 9.96. The van der Waals surface area contributed by atoms with E-state index in [9.17, 15) is 13.2 Å². The predicted molar refractivity (Wildman–Crippen MR) is 103 cm³/mol. The number of benzene rings is 1. The van der Waals surface area contributed by atoms with Gasteiger partial charge < -0.3 is 15.4 Å². The van der Waals surface area contributed by atoms with Crippen molar-refractivity contribution in [3.63, 3.8) is 0 Å². The number of nitrogens with zero attached hydrogens (tertiary/aromatic N) is 1. The van der Waals surface area contributed by atoms with Crippen molar-refractivity contribution in [3.8, 4) is 0 Å². The molecular formula is C19H29N3O4S. The summed E-state index contributed by atoms with van der Waals surface area (Å²) in [6.07, 6.45) is 6.42. The Morgan fingerprint density at radius 1 is 1.07 bits per heavy atom. The van der Waals surface area contributed by atoms with Crippen molar-refractivity contribution in [1.29, 1.82) is 0 Å². The summed E-state index contributed by atoms with van der Waals surface area (Å²) in [5, 5.41) is 5.91. The van der Waals surface area contributed by atoms with Crippen molar-refractivity contribution in [1.82, 2.24) is 14.9 Å². The summed E-state index contributed by atoms with van der Waals surface area (Å²) >= 11 is 0. The second kappa shape index (κ2) is 9.52. The molecule has 0 unspecified atom stereocenters. The third-order valence-corrected chi connectivity index (χ3v) is 7.08. The molecule has 0 spiro atoms. The van der Waals surface area contributed by atoms with Crippen molar-refractivity contribution < 1.29 is 17.9 Å². The zero-order valence-electron chi connectivity index (χ0n) is 15.7. The van der Waals surface area contributed by atoms with E-state index in [1.165, 1.54) is 23.6 Å². The SMILES string of the molecule is O=C(NCCc1ccc(S(=O)(=O)N2CCOCC2)cc1)NC1CCCCC1. The lowest BCUT2D eigenvalue weighted by Gasteiger charge is -2.26. The van der Waals surface area contributed by atoms with Gasteiger partial charge >= 0.3 is 6.03 Å². The van der Waals surface area contributed by atoms with Crippen molar-refractivity contribution in [2.75, 3.05) is 32.8 Å². The second-order valence-electron chi connectivity index (χ2n) is 7.15. The fourth-order valence-corrected chi connectivity index (χ4v) is 4.98. The summed E-state index contributed by atoms with van der Waals surface area (Å²) in [6.45, 7) is 2.18. The largest absolute Gasteiger partial charge is 0.379 e. The van der Waals surface area contributed by atoms with Crippen LogP contribution < -0.4 is 10.6 Å². The molecule has 2 fully saturated rings. The van der Waals surface area contributed by atoms with E-state index in [1.807, 2.05) is 12.1 Å². The van der Waals surface area contributed by atoms with Crippen LogP contribution in [0.25, 0.3) is 0 Å². The highest BCUT2D eigenvalue weighted by atomic mass is 32.2. The van der Waals surface area contributed by atoms with Crippen LogP contribution in [0.15, 0.2) is 29.2 Å². The van der Waals surface area contributed by atoms with E-state index < -0.39 is 10.0 Å². The summed E-state index contributed by atoms with van der Waals surface area (Å²) < 4.78 is 31.9. The highest BCUT2D eigenvalue weighted by molar-refractivity contribution is 7.89. The number of carbonyl (C=O) groups is 1. The molecule has 8 heteroatoms. The molecule has 27 heavy (non-hydrogen) atoms. The first-order valence-electron chi connectivity index (χ1n) is 9.77. The molecule has 0 atom stereocenters. The number of ether oxygens (including phenoxy) is 1. The van der Waals surface area contributed by atoms with Crippen LogP contribution in [0.1, 0.15) is 37.7 Å². The maximum atomic E-state index is 12.6. The molecule has 1 aromatic rings. The van der Waals surface area contributed by atoms with Crippen LogP contribution in [0.2, 0.25) is 0 Å². The number of urea groups is 1. The summed E-state index contributed by atoms with van der Waals surface area (Å²) in [6, 6.07) is 7.09. The van der Waals surface area contributed by atoms with Gasteiger partial charge in [-0.3, -0.25) is 0 Å². The molecule has 1 aliphatic heterocycles. The predicted octanol–water partition coefficient (Wildman–Crippen LogP) is 1.88. The minimum absolute atomic E-state index is 0.117. The van der Waals surface area contributed by atoms with Crippen molar-refractivity contribution in [2.24, 2.45) is 0 Å². The van der Waals surface area contributed by atoms with Gasteiger partial charge in [0.15, 0.2) is 0 Å². The molecule has 1 aliphatic carbocycles. The van der Waals surface area contributed by atoms with Gasteiger partial charge in [0.25, 0.3) is 0 Å². The van der Waals surface area contributed by atoms with Crippen molar-refractivity contribution in [2.45, 2.75) is 49.5 Å². The quantitative estimate of drug-likeness (QED) is 0.770. The van der Waals surface area contributed by atoms with Gasteiger partial charge in [0.05, 0.1) is 18.1 Å². The van der Waals surface area contributed by atoms with Gasteiger partial charge in [0.2, 0.25) is 10.0 Å². The molecule has 2 N–H and O–H groups in total. The Morgan fingerprint density at radius 3 is 2.41 bits per heavy atom. The van der Waals surface area contributed by atoms with E-state index >= 15 is 0 Å². The van der Waals surface area contributed by atoms with Gasteiger partial charge in [-0.1, -0.05) is 31.4 Å². The molecule has 7 nitrogen and oxygen atoms in total. The van der Waals surface area contributed by atoms with Crippen LogP contribution in [0.4, 0.5) is 4.79 Å². The molecule has 0 radical (unpaired) electrons. The number of carbonyl (C=O) groups excluding carboxylic acids is 1. The second-order valence-corrected chi connectivity index (χ2v) is 9.08. The number of morpholine rings is 1. The van der Waals surface area contributed by atoms with Gasteiger partial charge in [0, 0.05) is 25.7 Å². The Kier molecular flexibility index (Phi) is 7.09. The van der Waals surface area contributed by atoms with Gasteiger partial charge in [-0.15, -0.1) is 0 Å². The third kappa shape index (κ3) is 5.67. The summed E-state index contributed by atoms with van der Waals surface area (Å²) in [7, 11) is -3.46. The fourth-order valence-electron chi connectivity index (χ4n) is 3.57. The molecule has 3 rings (SSSR count). The monoisotopic (exact) mass is 395 g/mol. The summed E-state index contributed by atoms with van der Waals surface area (Å²) in [4.78, 5) is 12.2. The van der Waals surface area contributed by atoms with Crippen LogP contribution >= 0.6 is 0 Å². The third-order valence-electron chi connectivity index (χ3n) is 5.17. The average Bonchev–Trinajstić information content (AvgIpc) is 2.70. The first-order chi connectivity index (χ1) is 13.1. The van der Waals surface area contributed by atoms with E-state index in [-0.39, 0.29) is 6.03 Å². The number of nitrogens with one attached hydrogen (secondary N) is 2. The highest BCUT2D eigenvalue weighted by Gasteiger charge is 2.26. The first-order valence-corrected chi connectivity index (χ1v) is 11.2. The maximum absolute atomic E-state index is 12.6. The molecular weight excluding hydrogens is 366 g/mol. The topological polar surface area (TPSA) is 87.7 Å². The Bertz CT molecular complexity index is 709. The Hall–Kier alpha value is -1.64. The molecule has 1 heterocycles. The van der Waals surface area contributed by atoms with Crippen LogP contribution in [-0.2, 0) is 21.2 Å². The summed E-state index contributed by atoms with van der Waals surface area (Å²) in [5.41, 5.74) is 0.994. The lowest BCUT2D eigenvalue weighted by Crippen LogP contribution is -2.43. The normalized spacial score (nSPS) is 19.6.